The lowest BCUT2D eigenvalue weighted by atomic mass is 10.1. The maximum Gasteiger partial charge on any atom is 0.235 e. The van der Waals surface area contributed by atoms with Gasteiger partial charge in [0.25, 0.3) is 0 Å². The summed E-state index contributed by atoms with van der Waals surface area (Å²) in [4.78, 5) is 13.6. The van der Waals surface area contributed by atoms with Gasteiger partial charge in [-0.15, -0.1) is 0 Å². The summed E-state index contributed by atoms with van der Waals surface area (Å²) in [5.74, 6) is 0.0462. The summed E-state index contributed by atoms with van der Waals surface area (Å²) in [6.07, 6.45) is 2.19. The topological polar surface area (TPSA) is 34.0 Å². The van der Waals surface area contributed by atoms with E-state index in [1.54, 1.807) is 10.6 Å². The van der Waals surface area contributed by atoms with E-state index < -0.39 is 0 Å². The quantitative estimate of drug-likeness (QED) is 0.350. The van der Waals surface area contributed by atoms with Crippen molar-refractivity contribution in [2.75, 3.05) is 4.72 Å². The molecule has 1 heterocycles. The molecule has 6 heteroatoms. The van der Waals surface area contributed by atoms with Gasteiger partial charge < -0.3 is 4.72 Å². The van der Waals surface area contributed by atoms with Gasteiger partial charge in [-0.05, 0) is 60.0 Å². The van der Waals surface area contributed by atoms with Crippen molar-refractivity contribution >= 4 is 57.6 Å². The van der Waals surface area contributed by atoms with E-state index in [9.17, 15) is 4.79 Å². The van der Waals surface area contributed by atoms with Crippen LogP contribution in [-0.2, 0) is 6.42 Å². The highest BCUT2D eigenvalue weighted by Crippen LogP contribution is 2.29. The lowest BCUT2D eigenvalue weighted by molar-refractivity contribution is 0.0919. The van der Waals surface area contributed by atoms with E-state index in [-0.39, 0.29) is 5.91 Å². The van der Waals surface area contributed by atoms with E-state index in [0.29, 0.717) is 16.5 Å². The van der Waals surface area contributed by atoms with Crippen LogP contribution in [0, 0.1) is 0 Å². The lowest BCUT2D eigenvalue weighted by Gasteiger charge is -2.08. The number of carbonyl (C=O) groups excluding carboxylic acids is 1. The molecule has 0 unspecified atom stereocenters. The van der Waals surface area contributed by atoms with E-state index in [2.05, 4.69) is 4.72 Å². The van der Waals surface area contributed by atoms with Crippen LogP contribution in [-0.4, -0.2) is 10.5 Å². The van der Waals surface area contributed by atoms with Crippen molar-refractivity contribution in [3.63, 3.8) is 0 Å². The van der Waals surface area contributed by atoms with Gasteiger partial charge in [-0.25, -0.2) is 0 Å². The summed E-state index contributed by atoms with van der Waals surface area (Å²) in [7, 11) is 0. The number of hydrogen-bond acceptors (Lipinski definition) is 3. The highest BCUT2D eigenvalue weighted by atomic mass is 35.5. The Bertz CT molecular complexity index is 1120. The number of halogens is 2. The fraction of sp³-hybridized carbons (Fsp3) is 0.0455. The molecule has 0 aliphatic rings. The molecule has 3 nitrogen and oxygen atoms in total. The molecular formula is C22H16Cl2N2OS. The Balaban J connectivity index is 1.50. The van der Waals surface area contributed by atoms with Crippen LogP contribution in [0.25, 0.3) is 10.9 Å². The van der Waals surface area contributed by atoms with Gasteiger partial charge in [0.1, 0.15) is 0 Å². The van der Waals surface area contributed by atoms with Crippen LogP contribution in [0.3, 0.4) is 0 Å². The predicted molar refractivity (Wildman–Crippen MR) is 119 cm³/mol. The van der Waals surface area contributed by atoms with Crippen LogP contribution >= 0.6 is 35.1 Å². The van der Waals surface area contributed by atoms with Crippen LogP contribution in [0.5, 0.6) is 0 Å². The van der Waals surface area contributed by atoms with Gasteiger partial charge in [-0.2, -0.15) is 0 Å². The van der Waals surface area contributed by atoms with Crippen LogP contribution in [0.1, 0.15) is 10.4 Å². The van der Waals surface area contributed by atoms with Gasteiger partial charge in [-0.3, -0.25) is 9.36 Å². The number of aromatic nitrogens is 1. The Morgan fingerprint density at radius 2 is 1.68 bits per heavy atom. The normalized spacial score (nSPS) is 10.9. The molecule has 0 spiro atoms. The zero-order valence-corrected chi connectivity index (χ0v) is 17.1. The minimum atomic E-state index is 0.0462. The molecule has 0 saturated carbocycles. The minimum Gasteiger partial charge on any atom is -0.326 e. The molecule has 0 bridgehead atoms. The number of benzene rings is 3. The van der Waals surface area contributed by atoms with Crippen LogP contribution in [0.4, 0.5) is 5.69 Å². The largest absolute Gasteiger partial charge is 0.326 e. The second kappa shape index (κ2) is 8.31. The molecule has 0 aliphatic carbocycles. The van der Waals surface area contributed by atoms with Crippen molar-refractivity contribution in [2.24, 2.45) is 0 Å². The van der Waals surface area contributed by atoms with Crippen molar-refractivity contribution in [1.29, 1.82) is 0 Å². The highest BCUT2D eigenvalue weighted by Gasteiger charge is 2.10. The second-order valence-electron chi connectivity index (χ2n) is 6.32. The molecular weight excluding hydrogens is 411 g/mol. The van der Waals surface area contributed by atoms with Crippen LogP contribution in [0.15, 0.2) is 83.9 Å². The Hall–Kier alpha value is -2.40. The molecule has 0 radical (unpaired) electrons. The van der Waals surface area contributed by atoms with Crippen molar-refractivity contribution in [3.05, 3.63) is 94.6 Å². The Labute approximate surface area is 177 Å². The van der Waals surface area contributed by atoms with Crippen molar-refractivity contribution in [1.82, 2.24) is 4.57 Å². The predicted octanol–water partition coefficient (Wildman–Crippen LogP) is 6.95. The third-order valence-corrected chi connectivity index (χ3v) is 5.53. The van der Waals surface area contributed by atoms with E-state index >= 15 is 0 Å². The average molecular weight is 427 g/mol. The standard InChI is InChI=1S/C22H16Cl2N2OS/c23-17-12-18(24)14-20(13-17)28-25-19-6-7-21-16(11-19)8-9-26(21)22(27)10-15-4-2-1-3-5-15/h1-9,11-14,25H,10H2. The number of rotatable bonds is 5. The summed E-state index contributed by atoms with van der Waals surface area (Å²) in [5, 5.41) is 2.19. The maximum absolute atomic E-state index is 12.7. The molecule has 3 aromatic carbocycles. The Kier molecular flexibility index (Phi) is 5.62. The summed E-state index contributed by atoms with van der Waals surface area (Å²) in [5.41, 5.74) is 2.83. The number of nitrogens with zero attached hydrogens (tertiary/aromatic N) is 1. The number of fused-ring (bicyclic) bond motifs is 1. The summed E-state index contributed by atoms with van der Waals surface area (Å²) in [6.45, 7) is 0. The summed E-state index contributed by atoms with van der Waals surface area (Å²) < 4.78 is 5.00. The van der Waals surface area contributed by atoms with Crippen molar-refractivity contribution < 1.29 is 4.79 Å². The van der Waals surface area contributed by atoms with Gasteiger partial charge >= 0.3 is 0 Å². The van der Waals surface area contributed by atoms with Crippen molar-refractivity contribution in [3.8, 4) is 0 Å². The first-order valence-corrected chi connectivity index (χ1v) is 10.2. The second-order valence-corrected chi connectivity index (χ2v) is 8.08. The first-order chi connectivity index (χ1) is 13.6. The highest BCUT2D eigenvalue weighted by molar-refractivity contribution is 8.00. The van der Waals surface area contributed by atoms with Gasteiger partial charge in [-0.1, -0.05) is 53.5 Å². The number of carbonyl (C=O) groups is 1. The van der Waals surface area contributed by atoms with E-state index in [0.717, 1.165) is 27.0 Å². The van der Waals surface area contributed by atoms with Gasteiger partial charge in [0, 0.05) is 32.2 Å². The fourth-order valence-corrected chi connectivity index (χ4v) is 4.37. The number of nitrogens with one attached hydrogen (secondary N) is 1. The van der Waals surface area contributed by atoms with Gasteiger partial charge in [0.2, 0.25) is 5.91 Å². The third kappa shape index (κ3) is 4.36. The molecule has 1 aromatic heterocycles. The zero-order valence-electron chi connectivity index (χ0n) is 14.7. The van der Waals surface area contributed by atoms with Crippen LogP contribution in [0.2, 0.25) is 10.0 Å². The molecule has 28 heavy (non-hydrogen) atoms. The maximum atomic E-state index is 12.7. The molecule has 0 atom stereocenters. The SMILES string of the molecule is O=C(Cc1ccccc1)n1ccc2cc(NSc3cc(Cl)cc(Cl)c3)ccc21. The van der Waals surface area contributed by atoms with Gasteiger partial charge in [0.05, 0.1) is 11.9 Å². The minimum absolute atomic E-state index is 0.0462. The molecule has 140 valence electrons. The zero-order chi connectivity index (χ0) is 19.5. The fourth-order valence-electron chi connectivity index (χ4n) is 2.98. The Morgan fingerprint density at radius 1 is 0.929 bits per heavy atom. The van der Waals surface area contributed by atoms with E-state index in [4.69, 9.17) is 23.2 Å². The smallest absolute Gasteiger partial charge is 0.235 e. The van der Waals surface area contributed by atoms with Crippen molar-refractivity contribution in [2.45, 2.75) is 11.3 Å². The average Bonchev–Trinajstić information content (AvgIpc) is 3.10. The monoisotopic (exact) mass is 426 g/mol. The molecule has 0 saturated heterocycles. The van der Waals surface area contributed by atoms with Gasteiger partial charge in [0.15, 0.2) is 0 Å². The summed E-state index contributed by atoms with van der Waals surface area (Å²) in [6, 6.07) is 23.0. The molecule has 0 fully saturated rings. The van der Waals surface area contributed by atoms with Crippen LogP contribution < -0.4 is 4.72 Å². The third-order valence-electron chi connectivity index (χ3n) is 4.28. The first kappa shape index (κ1) is 18.9. The number of hydrogen-bond donors (Lipinski definition) is 1. The summed E-state index contributed by atoms with van der Waals surface area (Å²) >= 11 is 13.5. The molecule has 4 aromatic rings. The molecule has 0 amide bonds. The Morgan fingerprint density at radius 3 is 2.43 bits per heavy atom. The molecule has 0 aliphatic heterocycles. The lowest BCUT2D eigenvalue weighted by Crippen LogP contribution is -2.12. The molecule has 4 rings (SSSR count). The van der Waals surface area contributed by atoms with E-state index in [1.807, 2.05) is 72.9 Å². The molecule has 1 N–H and O–H groups in total. The first-order valence-electron chi connectivity index (χ1n) is 8.66. The van der Waals surface area contributed by atoms with E-state index in [1.165, 1.54) is 11.9 Å². The number of anilines is 1.